The predicted octanol–water partition coefficient (Wildman–Crippen LogP) is 3.77. The monoisotopic (exact) mass is 324 g/mol. The highest BCUT2D eigenvalue weighted by molar-refractivity contribution is 6.30. The summed E-state index contributed by atoms with van der Waals surface area (Å²) >= 11 is 5.87. The van der Waals surface area contributed by atoms with Gasteiger partial charge in [0.1, 0.15) is 5.82 Å². The van der Waals surface area contributed by atoms with Crippen LogP contribution in [0.2, 0.25) is 5.02 Å². The Morgan fingerprint density at radius 1 is 1.24 bits per heavy atom. The number of hydrogen-bond donors (Lipinski definition) is 1. The van der Waals surface area contributed by atoms with Crippen LogP contribution in [0.3, 0.4) is 0 Å². The molecule has 0 amide bonds. The van der Waals surface area contributed by atoms with Gasteiger partial charge in [-0.15, -0.1) is 0 Å². The fraction of sp³-hybridized carbons (Fsp3) is 0.571. The molecule has 1 fully saturated rings. The molecule has 1 aliphatic heterocycles. The van der Waals surface area contributed by atoms with Crippen LogP contribution in [0.15, 0.2) is 18.2 Å². The van der Waals surface area contributed by atoms with E-state index in [9.17, 15) is 17.6 Å². The van der Waals surface area contributed by atoms with Gasteiger partial charge in [-0.25, -0.2) is 4.39 Å². The molecule has 1 aliphatic rings. The molecule has 0 aromatic heterocycles. The quantitative estimate of drug-likeness (QED) is 0.848. The van der Waals surface area contributed by atoms with E-state index in [4.69, 9.17) is 11.6 Å². The summed E-state index contributed by atoms with van der Waals surface area (Å²) in [5, 5.41) is 3.47. The second-order valence-electron chi connectivity index (χ2n) is 5.12. The number of nitrogens with zero attached hydrogens (tertiary/aromatic N) is 1. The number of alkyl halides is 3. The van der Waals surface area contributed by atoms with Gasteiger partial charge in [0.15, 0.2) is 0 Å². The third-order valence-electron chi connectivity index (χ3n) is 3.61. The maximum atomic E-state index is 14.0. The van der Waals surface area contributed by atoms with Crippen LogP contribution < -0.4 is 5.32 Å². The molecule has 2 rings (SSSR count). The number of piperazine rings is 1. The van der Waals surface area contributed by atoms with Crippen LogP contribution in [0, 0.1) is 5.82 Å². The van der Waals surface area contributed by atoms with Crippen molar-refractivity contribution in [2.45, 2.75) is 25.1 Å². The average Bonchev–Trinajstić information content (AvgIpc) is 2.43. The lowest BCUT2D eigenvalue weighted by Crippen LogP contribution is -2.45. The number of nitrogens with one attached hydrogen (secondary N) is 1. The molecule has 21 heavy (non-hydrogen) atoms. The second-order valence-corrected chi connectivity index (χ2v) is 5.56. The molecule has 2 nitrogen and oxygen atoms in total. The molecule has 1 saturated heterocycles. The van der Waals surface area contributed by atoms with Gasteiger partial charge in [0.2, 0.25) is 0 Å². The fourth-order valence-corrected chi connectivity index (χ4v) is 2.78. The molecule has 0 bridgehead atoms. The number of halogens is 5. The summed E-state index contributed by atoms with van der Waals surface area (Å²) < 4.78 is 51.6. The van der Waals surface area contributed by atoms with E-state index in [1.807, 2.05) is 4.90 Å². The molecule has 1 aromatic carbocycles. The molecule has 1 atom stereocenters. The summed E-state index contributed by atoms with van der Waals surface area (Å²) in [4.78, 5) is 1.89. The lowest BCUT2D eigenvalue weighted by molar-refractivity contribution is -0.138. The number of rotatable bonds is 4. The van der Waals surface area contributed by atoms with Crippen molar-refractivity contribution in [3.8, 4) is 0 Å². The van der Waals surface area contributed by atoms with Crippen LogP contribution in [0.5, 0.6) is 0 Å². The average molecular weight is 325 g/mol. The van der Waals surface area contributed by atoms with Crippen LogP contribution in [0.4, 0.5) is 17.6 Å². The first-order chi connectivity index (χ1) is 9.87. The van der Waals surface area contributed by atoms with E-state index < -0.39 is 24.5 Å². The Hall–Kier alpha value is -0.850. The molecule has 118 valence electrons. The first-order valence-corrected chi connectivity index (χ1v) is 7.21. The van der Waals surface area contributed by atoms with Crippen molar-refractivity contribution >= 4 is 11.6 Å². The van der Waals surface area contributed by atoms with Crippen molar-refractivity contribution in [3.05, 3.63) is 34.6 Å². The van der Waals surface area contributed by atoms with Crippen LogP contribution in [-0.4, -0.2) is 37.3 Å². The smallest absolute Gasteiger partial charge is 0.314 e. The predicted molar refractivity (Wildman–Crippen MR) is 73.9 cm³/mol. The van der Waals surface area contributed by atoms with E-state index >= 15 is 0 Å². The van der Waals surface area contributed by atoms with Gasteiger partial charge in [-0.05, 0) is 24.6 Å². The zero-order valence-electron chi connectivity index (χ0n) is 11.4. The minimum Gasteiger partial charge on any atom is -0.314 e. The fourth-order valence-electron chi connectivity index (χ4n) is 2.60. The van der Waals surface area contributed by atoms with Crippen molar-refractivity contribution in [2.75, 3.05) is 26.2 Å². The molecule has 7 heteroatoms. The van der Waals surface area contributed by atoms with Crippen LogP contribution >= 0.6 is 11.6 Å². The van der Waals surface area contributed by atoms with Crippen molar-refractivity contribution in [3.63, 3.8) is 0 Å². The van der Waals surface area contributed by atoms with Crippen molar-refractivity contribution < 1.29 is 17.6 Å². The summed E-state index contributed by atoms with van der Waals surface area (Å²) in [7, 11) is 0. The molecule has 0 unspecified atom stereocenters. The van der Waals surface area contributed by atoms with Crippen molar-refractivity contribution in [1.82, 2.24) is 10.2 Å². The van der Waals surface area contributed by atoms with Gasteiger partial charge in [-0.3, -0.25) is 4.90 Å². The minimum absolute atomic E-state index is 0.166. The highest BCUT2D eigenvalue weighted by atomic mass is 35.5. The van der Waals surface area contributed by atoms with E-state index in [0.717, 1.165) is 0 Å². The van der Waals surface area contributed by atoms with Gasteiger partial charge >= 0.3 is 6.18 Å². The maximum absolute atomic E-state index is 14.0. The Kier molecular flexibility index (Phi) is 5.46. The summed E-state index contributed by atoms with van der Waals surface area (Å²) in [6.07, 6.45) is -5.35. The standard InChI is InChI=1S/C14H17ClF4N2/c15-10-1-2-12(16)11(9-10)13(3-4-14(17,18)19)21-7-5-20-6-8-21/h1-2,9,13,20H,3-8H2/t13-/m1/s1. The van der Waals surface area contributed by atoms with Gasteiger partial charge in [0.05, 0.1) is 0 Å². The molecule has 0 spiro atoms. The Balaban J connectivity index is 2.23. The molecule has 1 N–H and O–H groups in total. The zero-order valence-corrected chi connectivity index (χ0v) is 12.1. The third-order valence-corrected chi connectivity index (χ3v) is 3.85. The minimum atomic E-state index is -4.25. The molecule has 0 aliphatic carbocycles. The van der Waals surface area contributed by atoms with Crippen molar-refractivity contribution in [1.29, 1.82) is 0 Å². The van der Waals surface area contributed by atoms with E-state index in [0.29, 0.717) is 31.2 Å². The van der Waals surface area contributed by atoms with E-state index in [1.165, 1.54) is 18.2 Å². The Bertz CT molecular complexity index is 473. The Morgan fingerprint density at radius 3 is 2.52 bits per heavy atom. The highest BCUT2D eigenvalue weighted by Gasteiger charge is 2.32. The summed E-state index contributed by atoms with van der Waals surface area (Å²) in [5.41, 5.74) is 0.244. The van der Waals surface area contributed by atoms with Gasteiger partial charge in [-0.2, -0.15) is 13.2 Å². The van der Waals surface area contributed by atoms with E-state index in [-0.39, 0.29) is 12.0 Å². The topological polar surface area (TPSA) is 15.3 Å². The number of benzene rings is 1. The normalized spacial score (nSPS) is 18.7. The largest absolute Gasteiger partial charge is 0.389 e. The summed E-state index contributed by atoms with van der Waals surface area (Å²) in [5.74, 6) is -0.509. The molecular formula is C14H17ClF4N2. The lowest BCUT2D eigenvalue weighted by atomic mass is 9.98. The van der Waals surface area contributed by atoms with Crippen LogP contribution in [0.25, 0.3) is 0 Å². The first-order valence-electron chi connectivity index (χ1n) is 6.83. The second kappa shape index (κ2) is 6.94. The van der Waals surface area contributed by atoms with Gasteiger partial charge < -0.3 is 5.32 Å². The van der Waals surface area contributed by atoms with Gasteiger partial charge in [0.25, 0.3) is 0 Å². The SMILES string of the molecule is Fc1ccc(Cl)cc1[C@@H](CCC(F)(F)F)N1CCNCC1. The lowest BCUT2D eigenvalue weighted by Gasteiger charge is -2.35. The molecule has 0 saturated carbocycles. The van der Waals surface area contributed by atoms with Crippen molar-refractivity contribution in [2.24, 2.45) is 0 Å². The Labute approximate surface area is 126 Å². The molecule has 1 heterocycles. The molecule has 1 aromatic rings. The van der Waals surface area contributed by atoms with Crippen LogP contribution in [0.1, 0.15) is 24.4 Å². The van der Waals surface area contributed by atoms with E-state index in [1.54, 1.807) is 0 Å². The number of hydrogen-bond acceptors (Lipinski definition) is 2. The highest BCUT2D eigenvalue weighted by Crippen LogP contribution is 2.34. The van der Waals surface area contributed by atoms with Gasteiger partial charge in [-0.1, -0.05) is 11.6 Å². The summed E-state index contributed by atoms with van der Waals surface area (Å²) in [6.45, 7) is 2.55. The van der Waals surface area contributed by atoms with Gasteiger partial charge in [0, 0.05) is 49.2 Å². The molecule has 0 radical (unpaired) electrons. The Morgan fingerprint density at radius 2 is 1.90 bits per heavy atom. The zero-order chi connectivity index (χ0) is 15.5. The molecular weight excluding hydrogens is 308 g/mol. The third kappa shape index (κ3) is 4.83. The summed E-state index contributed by atoms with van der Waals surface area (Å²) in [6, 6.07) is 3.44. The van der Waals surface area contributed by atoms with Crippen LogP contribution in [-0.2, 0) is 0 Å². The van der Waals surface area contributed by atoms with E-state index in [2.05, 4.69) is 5.32 Å². The maximum Gasteiger partial charge on any atom is 0.389 e. The first kappa shape index (κ1) is 16.5.